The maximum atomic E-state index is 12.4. The number of carbonyl (C=O) groups is 1. The minimum atomic E-state index is -0.895. The summed E-state index contributed by atoms with van der Waals surface area (Å²) in [6, 6.07) is 20.5. The van der Waals surface area contributed by atoms with E-state index in [0.29, 0.717) is 29.6 Å². The third kappa shape index (κ3) is 8.14. The van der Waals surface area contributed by atoms with Gasteiger partial charge in [-0.3, -0.25) is 4.79 Å². The molecule has 3 N–H and O–H groups in total. The van der Waals surface area contributed by atoms with E-state index in [2.05, 4.69) is 10.6 Å². The maximum Gasteiger partial charge on any atom is 0.309 e. The number of rotatable bonds is 14. The summed E-state index contributed by atoms with van der Waals surface area (Å²) in [7, 11) is 3.27. The van der Waals surface area contributed by atoms with Gasteiger partial charge in [0.15, 0.2) is 0 Å². The van der Waals surface area contributed by atoms with Crippen molar-refractivity contribution in [2.75, 3.05) is 33.9 Å². The minimum absolute atomic E-state index is 0.288. The molecule has 0 saturated carbocycles. The van der Waals surface area contributed by atoms with Crippen molar-refractivity contribution in [3.8, 4) is 11.5 Å². The third-order valence-electron chi connectivity index (χ3n) is 6.02. The molecule has 0 saturated heterocycles. The summed E-state index contributed by atoms with van der Waals surface area (Å²) in [6.07, 6.45) is 1.47. The Morgan fingerprint density at radius 2 is 1.47 bits per heavy atom. The minimum Gasteiger partial charge on any atom is -0.497 e. The number of carboxylic acid groups (broad SMARTS) is 1. The smallest absolute Gasteiger partial charge is 0.309 e. The molecule has 0 radical (unpaired) electrons. The van der Waals surface area contributed by atoms with E-state index in [0.717, 1.165) is 34.6 Å². The quantitative estimate of drug-likeness (QED) is 0.241. The fraction of sp³-hybridized carbons (Fsp3) is 0.321. The van der Waals surface area contributed by atoms with Gasteiger partial charge in [-0.2, -0.15) is 0 Å². The second kappa shape index (κ2) is 14.1. The molecule has 0 heterocycles. The molecule has 0 fully saturated rings. The standard InChI is InChI=1S/C28H32Cl2N2O4/c1-35-22-7-3-5-19(15-22)11-13-31-18-24(28(33)34)27(21-9-10-25(29)26(30)17-21)32-14-12-20-6-4-8-23(16-20)36-2/h3-10,15-17,24,27,31-32H,11-14,18H2,1-2H3,(H,33,34). The first kappa shape index (κ1) is 27.8. The number of hydrogen-bond acceptors (Lipinski definition) is 5. The zero-order chi connectivity index (χ0) is 25.9. The molecular weight excluding hydrogens is 499 g/mol. The molecule has 0 aliphatic carbocycles. The average Bonchev–Trinajstić information content (AvgIpc) is 2.89. The molecule has 0 aliphatic heterocycles. The number of benzene rings is 3. The highest BCUT2D eigenvalue weighted by atomic mass is 35.5. The van der Waals surface area contributed by atoms with Crippen molar-refractivity contribution in [3.05, 3.63) is 93.5 Å². The largest absolute Gasteiger partial charge is 0.497 e. The number of nitrogens with one attached hydrogen (secondary N) is 2. The Morgan fingerprint density at radius 3 is 2.03 bits per heavy atom. The van der Waals surface area contributed by atoms with Crippen LogP contribution in [0.4, 0.5) is 0 Å². The van der Waals surface area contributed by atoms with Crippen molar-refractivity contribution in [3.63, 3.8) is 0 Å². The molecule has 2 unspecified atom stereocenters. The zero-order valence-corrected chi connectivity index (χ0v) is 22.0. The lowest BCUT2D eigenvalue weighted by Crippen LogP contribution is -2.40. The SMILES string of the molecule is COc1cccc(CCNCC(C(=O)O)C(NCCc2cccc(OC)c2)c2ccc(Cl)c(Cl)c2)c1. The molecule has 8 heteroatoms. The van der Waals surface area contributed by atoms with Crippen molar-refractivity contribution >= 4 is 29.2 Å². The van der Waals surface area contributed by atoms with E-state index < -0.39 is 17.9 Å². The molecule has 0 bridgehead atoms. The maximum absolute atomic E-state index is 12.4. The monoisotopic (exact) mass is 530 g/mol. The molecule has 192 valence electrons. The third-order valence-corrected chi connectivity index (χ3v) is 6.76. The summed E-state index contributed by atoms with van der Waals surface area (Å²) < 4.78 is 10.6. The molecule has 0 spiro atoms. The highest BCUT2D eigenvalue weighted by Crippen LogP contribution is 2.29. The molecular formula is C28H32Cl2N2O4. The van der Waals surface area contributed by atoms with Gasteiger partial charge in [0, 0.05) is 12.6 Å². The Labute approximate surface area is 222 Å². The summed E-state index contributed by atoms with van der Waals surface area (Å²) in [5, 5.41) is 17.7. The number of aliphatic carboxylic acids is 1. The van der Waals surface area contributed by atoms with E-state index in [9.17, 15) is 9.90 Å². The summed E-state index contributed by atoms with van der Waals surface area (Å²) in [6.45, 7) is 1.50. The van der Waals surface area contributed by atoms with Gasteiger partial charge in [-0.15, -0.1) is 0 Å². The van der Waals surface area contributed by atoms with Crippen LogP contribution >= 0.6 is 23.2 Å². The number of hydrogen-bond donors (Lipinski definition) is 3. The van der Waals surface area contributed by atoms with Crippen LogP contribution in [0.15, 0.2) is 66.7 Å². The average molecular weight is 531 g/mol. The van der Waals surface area contributed by atoms with Crippen LogP contribution in [0.1, 0.15) is 22.7 Å². The second-order valence-electron chi connectivity index (χ2n) is 8.46. The van der Waals surface area contributed by atoms with Crippen LogP contribution < -0.4 is 20.1 Å². The van der Waals surface area contributed by atoms with Crippen molar-refractivity contribution in [2.45, 2.75) is 18.9 Å². The lowest BCUT2D eigenvalue weighted by atomic mass is 9.92. The molecule has 3 aromatic carbocycles. The second-order valence-corrected chi connectivity index (χ2v) is 9.27. The van der Waals surface area contributed by atoms with E-state index in [-0.39, 0.29) is 6.54 Å². The number of ether oxygens (including phenoxy) is 2. The Morgan fingerprint density at radius 1 is 0.861 bits per heavy atom. The first-order valence-electron chi connectivity index (χ1n) is 11.8. The van der Waals surface area contributed by atoms with Crippen LogP contribution in [0.3, 0.4) is 0 Å². The molecule has 3 aromatic rings. The predicted octanol–water partition coefficient (Wildman–Crippen LogP) is 5.42. The predicted molar refractivity (Wildman–Crippen MR) is 145 cm³/mol. The Balaban J connectivity index is 1.69. The van der Waals surface area contributed by atoms with Gasteiger partial charge in [0.05, 0.1) is 30.2 Å². The van der Waals surface area contributed by atoms with Crippen LogP contribution in [0.2, 0.25) is 10.0 Å². The van der Waals surface area contributed by atoms with Crippen molar-refractivity contribution in [2.24, 2.45) is 5.92 Å². The summed E-state index contributed by atoms with van der Waals surface area (Å²) in [4.78, 5) is 12.4. The topological polar surface area (TPSA) is 79.8 Å². The van der Waals surface area contributed by atoms with Crippen molar-refractivity contribution in [1.82, 2.24) is 10.6 Å². The van der Waals surface area contributed by atoms with Gasteiger partial charge in [-0.25, -0.2) is 0 Å². The first-order valence-corrected chi connectivity index (χ1v) is 12.5. The lowest BCUT2D eigenvalue weighted by molar-refractivity contribution is -0.142. The molecule has 0 amide bonds. The summed E-state index contributed by atoms with van der Waals surface area (Å²) in [5.41, 5.74) is 2.99. The highest BCUT2D eigenvalue weighted by molar-refractivity contribution is 6.42. The van der Waals surface area contributed by atoms with Gasteiger partial charge in [-0.05, 0) is 79.0 Å². The van der Waals surface area contributed by atoms with E-state index >= 15 is 0 Å². The van der Waals surface area contributed by atoms with Crippen molar-refractivity contribution < 1.29 is 19.4 Å². The van der Waals surface area contributed by atoms with E-state index in [1.54, 1.807) is 26.4 Å². The van der Waals surface area contributed by atoms with Gasteiger partial charge in [0.25, 0.3) is 0 Å². The number of carboxylic acids is 1. The molecule has 2 atom stereocenters. The van der Waals surface area contributed by atoms with Crippen molar-refractivity contribution in [1.29, 1.82) is 0 Å². The van der Waals surface area contributed by atoms with E-state index in [4.69, 9.17) is 32.7 Å². The Bertz CT molecular complexity index is 1140. The zero-order valence-electron chi connectivity index (χ0n) is 20.5. The summed E-state index contributed by atoms with van der Waals surface area (Å²) >= 11 is 12.4. The van der Waals surface area contributed by atoms with E-state index in [1.165, 1.54) is 0 Å². The van der Waals surface area contributed by atoms with Gasteiger partial charge >= 0.3 is 5.97 Å². The highest BCUT2D eigenvalue weighted by Gasteiger charge is 2.29. The van der Waals surface area contributed by atoms with Gasteiger partial charge in [0.2, 0.25) is 0 Å². The Kier molecular flexibility index (Phi) is 10.9. The number of halogens is 2. The molecule has 3 rings (SSSR count). The molecule has 36 heavy (non-hydrogen) atoms. The van der Waals surface area contributed by atoms with Crippen LogP contribution in [-0.4, -0.2) is 44.9 Å². The van der Waals surface area contributed by atoms with Crippen LogP contribution in [0, 0.1) is 5.92 Å². The Hall–Kier alpha value is -2.77. The van der Waals surface area contributed by atoms with E-state index in [1.807, 2.05) is 54.6 Å². The lowest BCUT2D eigenvalue weighted by Gasteiger charge is -2.26. The first-order chi connectivity index (χ1) is 17.4. The van der Waals surface area contributed by atoms with Crippen LogP contribution in [0.5, 0.6) is 11.5 Å². The molecule has 0 aliphatic rings. The van der Waals surface area contributed by atoms with Crippen LogP contribution in [0.25, 0.3) is 0 Å². The summed E-state index contributed by atoms with van der Waals surface area (Å²) in [5.74, 6) is -0.0281. The fourth-order valence-electron chi connectivity index (χ4n) is 4.06. The van der Waals surface area contributed by atoms with Gasteiger partial charge in [0.1, 0.15) is 11.5 Å². The van der Waals surface area contributed by atoms with Gasteiger partial charge in [-0.1, -0.05) is 53.5 Å². The normalized spacial score (nSPS) is 12.7. The fourth-order valence-corrected chi connectivity index (χ4v) is 4.37. The molecule has 0 aromatic heterocycles. The van der Waals surface area contributed by atoms with Crippen LogP contribution in [-0.2, 0) is 17.6 Å². The number of methoxy groups -OCH3 is 2. The molecule has 6 nitrogen and oxygen atoms in total. The van der Waals surface area contributed by atoms with Gasteiger partial charge < -0.3 is 25.2 Å².